The molecule has 1 aliphatic carbocycles. The Kier molecular flexibility index (Phi) is 3.40. The number of para-hydroxylation sites is 1. The van der Waals surface area contributed by atoms with Gasteiger partial charge in [0.25, 0.3) is 0 Å². The van der Waals surface area contributed by atoms with E-state index in [1.807, 2.05) is 0 Å². The molecule has 0 spiro atoms. The van der Waals surface area contributed by atoms with Gasteiger partial charge in [0.05, 0.1) is 0 Å². The smallest absolute Gasteiger partial charge is 0.0419 e. The van der Waals surface area contributed by atoms with Gasteiger partial charge in [0.15, 0.2) is 0 Å². The molecular weight excluding hydrogens is 256 g/mol. The Hall–Kier alpha value is -1.80. The van der Waals surface area contributed by atoms with Crippen molar-refractivity contribution in [1.82, 2.24) is 5.32 Å². The van der Waals surface area contributed by atoms with Crippen LogP contribution in [0.2, 0.25) is 0 Å². The fourth-order valence-corrected chi connectivity index (χ4v) is 3.76. The summed E-state index contributed by atoms with van der Waals surface area (Å²) in [5.41, 5.74) is 7.28. The minimum absolute atomic E-state index is 0.507. The maximum Gasteiger partial charge on any atom is 0.0419 e. The number of hydrogen-bond donors (Lipinski definition) is 2. The van der Waals surface area contributed by atoms with Crippen molar-refractivity contribution >= 4 is 5.69 Å². The molecule has 2 heteroatoms. The van der Waals surface area contributed by atoms with Gasteiger partial charge < -0.3 is 10.6 Å². The second kappa shape index (κ2) is 5.53. The highest BCUT2D eigenvalue weighted by Gasteiger charge is 2.20. The summed E-state index contributed by atoms with van der Waals surface area (Å²) in [4.78, 5) is 0. The lowest BCUT2D eigenvalue weighted by Gasteiger charge is -2.27. The van der Waals surface area contributed by atoms with Crippen LogP contribution in [0.3, 0.4) is 0 Å². The van der Waals surface area contributed by atoms with Crippen molar-refractivity contribution in [2.24, 2.45) is 0 Å². The predicted octanol–water partition coefficient (Wildman–Crippen LogP) is 3.82. The van der Waals surface area contributed by atoms with E-state index in [-0.39, 0.29) is 0 Å². The van der Waals surface area contributed by atoms with Crippen molar-refractivity contribution in [1.29, 1.82) is 0 Å². The maximum atomic E-state index is 3.78. The molecule has 108 valence electrons. The molecule has 2 N–H and O–H groups in total. The van der Waals surface area contributed by atoms with Crippen LogP contribution in [0.5, 0.6) is 0 Å². The summed E-state index contributed by atoms with van der Waals surface area (Å²) in [5, 5.41) is 7.32. The van der Waals surface area contributed by atoms with E-state index in [9.17, 15) is 0 Å². The van der Waals surface area contributed by atoms with Crippen molar-refractivity contribution in [3.8, 4) is 0 Å². The average molecular weight is 278 g/mol. The van der Waals surface area contributed by atoms with Crippen LogP contribution in [0.15, 0.2) is 42.5 Å². The van der Waals surface area contributed by atoms with Crippen molar-refractivity contribution in [2.75, 3.05) is 11.9 Å². The van der Waals surface area contributed by atoms with E-state index < -0.39 is 0 Å². The molecule has 2 nitrogen and oxygen atoms in total. The van der Waals surface area contributed by atoms with E-state index in [2.05, 4.69) is 53.1 Å². The third kappa shape index (κ3) is 2.44. The molecule has 1 unspecified atom stereocenters. The molecule has 1 atom stereocenters. The summed E-state index contributed by atoms with van der Waals surface area (Å²) < 4.78 is 0. The molecule has 0 saturated carbocycles. The summed E-state index contributed by atoms with van der Waals surface area (Å²) in [5.74, 6) is 0. The molecule has 0 amide bonds. The van der Waals surface area contributed by atoms with E-state index >= 15 is 0 Å². The molecule has 0 radical (unpaired) electrons. The minimum atomic E-state index is 0.507. The monoisotopic (exact) mass is 278 g/mol. The number of anilines is 1. The van der Waals surface area contributed by atoms with Crippen molar-refractivity contribution in [2.45, 2.75) is 38.3 Å². The number of nitrogens with one attached hydrogen (secondary N) is 2. The number of fused-ring (bicyclic) bond motifs is 2. The molecule has 0 fully saturated rings. The van der Waals surface area contributed by atoms with Crippen LogP contribution >= 0.6 is 0 Å². The molecule has 0 bridgehead atoms. The molecule has 2 aromatic carbocycles. The zero-order valence-electron chi connectivity index (χ0n) is 12.4. The maximum absolute atomic E-state index is 3.78. The third-order valence-electron chi connectivity index (χ3n) is 4.84. The first-order valence-corrected chi connectivity index (χ1v) is 8.07. The summed E-state index contributed by atoms with van der Waals surface area (Å²) in [6.45, 7) is 2.04. The first kappa shape index (κ1) is 12.9. The Morgan fingerprint density at radius 1 is 1.00 bits per heavy atom. The van der Waals surface area contributed by atoms with Crippen LogP contribution in [-0.4, -0.2) is 6.54 Å². The highest BCUT2D eigenvalue weighted by molar-refractivity contribution is 5.61. The van der Waals surface area contributed by atoms with Crippen LogP contribution in [0.4, 0.5) is 5.69 Å². The number of benzene rings is 2. The van der Waals surface area contributed by atoms with E-state index in [1.165, 1.54) is 47.2 Å². The fraction of sp³-hybridized carbons (Fsp3) is 0.368. The fourth-order valence-electron chi connectivity index (χ4n) is 3.76. The molecule has 4 rings (SSSR count). The molecular formula is C19H22N2. The standard InChI is InChI=1S/C19H22N2/c1-2-9-17-14(5-1)6-4-10-18(17)21-13-16-8-3-7-15-11-12-20-19(15)16/h1-3,5,7-9,18,20-21H,4,6,10-13H2. The molecule has 2 aliphatic rings. The third-order valence-corrected chi connectivity index (χ3v) is 4.84. The molecule has 0 saturated heterocycles. The predicted molar refractivity (Wildman–Crippen MR) is 87.6 cm³/mol. The molecule has 2 aromatic rings. The first-order chi connectivity index (χ1) is 10.4. The largest absolute Gasteiger partial charge is 0.384 e. The van der Waals surface area contributed by atoms with E-state index in [0.717, 1.165) is 19.5 Å². The number of aryl methyl sites for hydroxylation is 1. The van der Waals surface area contributed by atoms with Gasteiger partial charge in [0.1, 0.15) is 0 Å². The number of hydrogen-bond acceptors (Lipinski definition) is 2. The van der Waals surface area contributed by atoms with Crippen LogP contribution in [0.25, 0.3) is 0 Å². The van der Waals surface area contributed by atoms with Crippen LogP contribution in [0.1, 0.15) is 41.1 Å². The van der Waals surface area contributed by atoms with Gasteiger partial charge in [-0.25, -0.2) is 0 Å². The lowest BCUT2D eigenvalue weighted by Crippen LogP contribution is -2.25. The molecule has 1 heterocycles. The molecule has 0 aromatic heterocycles. The molecule has 1 aliphatic heterocycles. The van der Waals surface area contributed by atoms with E-state index in [1.54, 1.807) is 0 Å². The summed E-state index contributed by atoms with van der Waals surface area (Å²) in [7, 11) is 0. The van der Waals surface area contributed by atoms with Crippen molar-refractivity contribution in [3.63, 3.8) is 0 Å². The number of rotatable bonds is 3. The Balaban J connectivity index is 1.52. The van der Waals surface area contributed by atoms with Gasteiger partial charge in [-0.1, -0.05) is 42.5 Å². The zero-order chi connectivity index (χ0) is 14.1. The van der Waals surface area contributed by atoms with Crippen molar-refractivity contribution < 1.29 is 0 Å². The van der Waals surface area contributed by atoms with E-state index in [0.29, 0.717) is 6.04 Å². The van der Waals surface area contributed by atoms with Gasteiger partial charge in [-0.3, -0.25) is 0 Å². The van der Waals surface area contributed by atoms with Gasteiger partial charge in [-0.05, 0) is 47.9 Å². The Labute approximate surface area is 126 Å². The van der Waals surface area contributed by atoms with Crippen LogP contribution in [0, 0.1) is 0 Å². The lowest BCUT2D eigenvalue weighted by molar-refractivity contribution is 0.459. The lowest BCUT2D eigenvalue weighted by atomic mass is 9.87. The first-order valence-electron chi connectivity index (χ1n) is 8.07. The zero-order valence-corrected chi connectivity index (χ0v) is 12.4. The van der Waals surface area contributed by atoms with Gasteiger partial charge in [-0.15, -0.1) is 0 Å². The SMILES string of the molecule is c1ccc2c(c1)CCCC2NCc1cccc2c1NCC2. The van der Waals surface area contributed by atoms with Gasteiger partial charge in [-0.2, -0.15) is 0 Å². The van der Waals surface area contributed by atoms with E-state index in [4.69, 9.17) is 0 Å². The van der Waals surface area contributed by atoms with Crippen LogP contribution < -0.4 is 10.6 Å². The minimum Gasteiger partial charge on any atom is -0.384 e. The molecule has 21 heavy (non-hydrogen) atoms. The Bertz CT molecular complexity index is 648. The highest BCUT2D eigenvalue weighted by atomic mass is 14.9. The Morgan fingerprint density at radius 2 is 1.90 bits per heavy atom. The highest BCUT2D eigenvalue weighted by Crippen LogP contribution is 2.31. The summed E-state index contributed by atoms with van der Waals surface area (Å²) in [6.07, 6.45) is 4.94. The quantitative estimate of drug-likeness (QED) is 0.892. The van der Waals surface area contributed by atoms with Gasteiger partial charge in [0, 0.05) is 24.8 Å². The topological polar surface area (TPSA) is 24.1 Å². The second-order valence-electron chi connectivity index (χ2n) is 6.15. The van der Waals surface area contributed by atoms with Crippen molar-refractivity contribution in [3.05, 3.63) is 64.7 Å². The summed E-state index contributed by atoms with van der Waals surface area (Å²) >= 11 is 0. The Morgan fingerprint density at radius 3 is 2.90 bits per heavy atom. The summed E-state index contributed by atoms with van der Waals surface area (Å²) in [6, 6.07) is 16.1. The average Bonchev–Trinajstić information content (AvgIpc) is 3.02. The van der Waals surface area contributed by atoms with Gasteiger partial charge in [0.2, 0.25) is 0 Å². The van der Waals surface area contributed by atoms with Crippen LogP contribution in [-0.2, 0) is 19.4 Å². The normalized spacial score (nSPS) is 19.7. The second-order valence-corrected chi connectivity index (χ2v) is 6.15. The van der Waals surface area contributed by atoms with Gasteiger partial charge >= 0.3 is 0 Å².